The number of carbonyl (C=O) groups excluding carboxylic acids is 1. The lowest BCUT2D eigenvalue weighted by atomic mass is 10.1. The Hall–Kier alpha value is -3.86. The van der Waals surface area contributed by atoms with E-state index in [9.17, 15) is 4.79 Å². The molecule has 0 spiro atoms. The van der Waals surface area contributed by atoms with E-state index in [1.165, 1.54) is 0 Å². The molecule has 8 heteroatoms. The van der Waals surface area contributed by atoms with Crippen molar-refractivity contribution in [2.75, 3.05) is 10.7 Å². The first kappa shape index (κ1) is 16.0. The molecule has 0 aliphatic carbocycles. The Bertz CT molecular complexity index is 958. The van der Waals surface area contributed by atoms with Gasteiger partial charge in [-0.25, -0.2) is 0 Å². The number of nitrogens with zero attached hydrogens (tertiary/aromatic N) is 2. The number of aryl methyl sites for hydroxylation is 1. The van der Waals surface area contributed by atoms with Gasteiger partial charge in [-0.3, -0.25) is 15.6 Å². The van der Waals surface area contributed by atoms with Crippen LogP contribution in [-0.2, 0) is 0 Å². The summed E-state index contributed by atoms with van der Waals surface area (Å²) in [5.41, 5.74) is 9.95. The van der Waals surface area contributed by atoms with Crippen molar-refractivity contribution in [2.45, 2.75) is 6.92 Å². The molecule has 5 N–H and O–H groups in total. The number of nitrogens with two attached hydrogens (primary N) is 1. The van der Waals surface area contributed by atoms with Crippen LogP contribution >= 0.6 is 0 Å². The third-order valence-electron chi connectivity index (χ3n) is 3.49. The van der Waals surface area contributed by atoms with E-state index in [2.05, 4.69) is 15.8 Å². The molecule has 1 amide bonds. The zero-order valence-electron chi connectivity index (χ0n) is 13.3. The molecule has 0 aromatic heterocycles. The van der Waals surface area contributed by atoms with Gasteiger partial charge in [0.15, 0.2) is 11.6 Å². The Morgan fingerprint density at radius 3 is 2.80 bits per heavy atom. The fraction of sp³-hybridized carbons (Fsp3) is 0.0588. The molecule has 8 nitrogen and oxygen atoms in total. The van der Waals surface area contributed by atoms with Gasteiger partial charge in [0.25, 0.3) is 5.91 Å². The van der Waals surface area contributed by atoms with Crippen molar-refractivity contribution in [2.24, 2.45) is 10.8 Å². The minimum absolute atomic E-state index is 0.251. The van der Waals surface area contributed by atoms with Crippen LogP contribution in [0.2, 0.25) is 0 Å². The fourth-order valence-electron chi connectivity index (χ4n) is 2.27. The van der Waals surface area contributed by atoms with Crippen LogP contribution in [0.25, 0.3) is 0 Å². The van der Waals surface area contributed by atoms with Crippen LogP contribution in [0, 0.1) is 23.7 Å². The van der Waals surface area contributed by atoms with Gasteiger partial charge in [0.05, 0.1) is 16.9 Å². The molecule has 0 saturated carbocycles. The van der Waals surface area contributed by atoms with Crippen LogP contribution in [0.3, 0.4) is 0 Å². The van der Waals surface area contributed by atoms with Gasteiger partial charge in [-0.1, -0.05) is 6.07 Å². The number of anilines is 2. The van der Waals surface area contributed by atoms with Crippen LogP contribution in [0.15, 0.2) is 41.5 Å². The van der Waals surface area contributed by atoms with E-state index in [0.717, 1.165) is 5.56 Å². The second-order valence-electron chi connectivity index (χ2n) is 5.36. The minimum Gasteiger partial charge on any atom is -0.454 e. The van der Waals surface area contributed by atoms with Crippen molar-refractivity contribution in [3.05, 3.63) is 47.5 Å². The number of carbonyl (C=O) groups is 1. The molecule has 1 heterocycles. The summed E-state index contributed by atoms with van der Waals surface area (Å²) in [6.45, 7) is 1.92. The van der Waals surface area contributed by atoms with Crippen molar-refractivity contribution in [3.63, 3.8) is 0 Å². The molecule has 1 aliphatic rings. The standard InChI is InChI=1S/C17H14N6O2/c1-9-2-4-15-12(6-9)21-17(24)11-7-10(3-5-14(11)25-15)22-23-13(8-18)16(19)20/h2-7,22H,1H3,(H3,19,20)(H,21,24)/b23-13+. The van der Waals surface area contributed by atoms with Crippen LogP contribution in [0.4, 0.5) is 11.4 Å². The van der Waals surface area contributed by atoms with Crippen molar-refractivity contribution in [1.82, 2.24) is 0 Å². The third-order valence-corrected chi connectivity index (χ3v) is 3.49. The predicted octanol–water partition coefficient (Wildman–Crippen LogP) is 2.58. The highest BCUT2D eigenvalue weighted by molar-refractivity contribution is 6.45. The number of nitriles is 1. The minimum atomic E-state index is -0.448. The molecule has 0 fully saturated rings. The summed E-state index contributed by atoms with van der Waals surface area (Å²) in [5, 5.41) is 22.6. The molecule has 2 aromatic rings. The topological polar surface area (TPSA) is 136 Å². The van der Waals surface area contributed by atoms with Crippen molar-refractivity contribution >= 4 is 28.8 Å². The first-order valence-electron chi connectivity index (χ1n) is 7.30. The van der Waals surface area contributed by atoms with Crippen molar-refractivity contribution in [1.29, 1.82) is 10.7 Å². The van der Waals surface area contributed by atoms with E-state index in [1.807, 2.05) is 19.1 Å². The lowest BCUT2D eigenvalue weighted by Crippen LogP contribution is -2.21. The highest BCUT2D eigenvalue weighted by Gasteiger charge is 2.21. The maximum Gasteiger partial charge on any atom is 0.259 e. The number of hydrogen-bond acceptors (Lipinski definition) is 6. The van der Waals surface area contributed by atoms with Crippen LogP contribution in [0.1, 0.15) is 15.9 Å². The number of ether oxygens (including phenoxy) is 1. The zero-order valence-corrected chi connectivity index (χ0v) is 13.3. The number of amides is 1. The van der Waals surface area contributed by atoms with E-state index in [1.54, 1.807) is 30.3 Å². The molecule has 25 heavy (non-hydrogen) atoms. The van der Waals surface area contributed by atoms with Crippen LogP contribution in [0.5, 0.6) is 11.5 Å². The number of benzene rings is 2. The van der Waals surface area contributed by atoms with Gasteiger partial charge in [0.2, 0.25) is 5.71 Å². The molecule has 0 unspecified atom stereocenters. The lowest BCUT2D eigenvalue weighted by molar-refractivity contribution is 0.102. The molecule has 0 atom stereocenters. The number of amidine groups is 1. The van der Waals surface area contributed by atoms with E-state index in [4.69, 9.17) is 21.1 Å². The summed E-state index contributed by atoms with van der Waals surface area (Å²) in [5.74, 6) is 0.192. The lowest BCUT2D eigenvalue weighted by Gasteiger charge is -2.09. The Balaban J connectivity index is 1.93. The van der Waals surface area contributed by atoms with E-state index in [-0.39, 0.29) is 11.6 Å². The average Bonchev–Trinajstić information content (AvgIpc) is 2.71. The summed E-state index contributed by atoms with van der Waals surface area (Å²) in [7, 11) is 0. The SMILES string of the molecule is Cc1ccc2c(c1)NC(=O)c1cc(N/N=C(\C#N)C(=N)N)ccc1O2. The maximum atomic E-state index is 12.5. The number of fused-ring (bicyclic) bond motifs is 2. The molecule has 2 aromatic carbocycles. The summed E-state index contributed by atoms with van der Waals surface area (Å²) < 4.78 is 5.81. The quantitative estimate of drug-likeness (QED) is 0.388. The van der Waals surface area contributed by atoms with E-state index < -0.39 is 5.84 Å². The van der Waals surface area contributed by atoms with Crippen molar-refractivity contribution < 1.29 is 9.53 Å². The Kier molecular flexibility index (Phi) is 4.05. The Morgan fingerprint density at radius 2 is 2.08 bits per heavy atom. The van der Waals surface area contributed by atoms with Gasteiger partial charge in [-0.2, -0.15) is 10.4 Å². The van der Waals surface area contributed by atoms with E-state index >= 15 is 0 Å². The Labute approximate surface area is 143 Å². The molecule has 1 aliphatic heterocycles. The first-order chi connectivity index (χ1) is 12.0. The highest BCUT2D eigenvalue weighted by Crippen LogP contribution is 2.37. The van der Waals surface area contributed by atoms with Gasteiger partial charge in [-0.15, -0.1) is 0 Å². The largest absolute Gasteiger partial charge is 0.454 e. The van der Waals surface area contributed by atoms with E-state index in [0.29, 0.717) is 28.4 Å². The number of nitrogens with one attached hydrogen (secondary N) is 3. The van der Waals surface area contributed by atoms with Gasteiger partial charge in [-0.05, 0) is 42.8 Å². The van der Waals surface area contributed by atoms with Crippen molar-refractivity contribution in [3.8, 4) is 17.6 Å². The zero-order chi connectivity index (χ0) is 18.0. The molecule has 0 saturated heterocycles. The molecule has 124 valence electrons. The monoisotopic (exact) mass is 334 g/mol. The average molecular weight is 334 g/mol. The highest BCUT2D eigenvalue weighted by atomic mass is 16.5. The molecule has 3 rings (SSSR count). The number of rotatable bonds is 3. The maximum absolute atomic E-state index is 12.5. The van der Waals surface area contributed by atoms with Crippen LogP contribution in [-0.4, -0.2) is 17.5 Å². The van der Waals surface area contributed by atoms with Gasteiger partial charge < -0.3 is 15.8 Å². The normalized spacial score (nSPS) is 12.6. The second-order valence-corrected chi connectivity index (χ2v) is 5.36. The fourth-order valence-corrected chi connectivity index (χ4v) is 2.27. The number of hydrazone groups is 1. The van der Waals surface area contributed by atoms with Gasteiger partial charge >= 0.3 is 0 Å². The number of hydrogen-bond donors (Lipinski definition) is 4. The summed E-state index contributed by atoms with van der Waals surface area (Å²) >= 11 is 0. The third kappa shape index (κ3) is 3.25. The summed E-state index contributed by atoms with van der Waals surface area (Å²) in [6, 6.07) is 12.0. The predicted molar refractivity (Wildman–Crippen MR) is 94.2 cm³/mol. The second kappa shape index (κ2) is 6.33. The Morgan fingerprint density at radius 1 is 1.32 bits per heavy atom. The molecular weight excluding hydrogens is 320 g/mol. The molecular formula is C17H14N6O2. The van der Waals surface area contributed by atoms with Crippen LogP contribution < -0.4 is 21.2 Å². The first-order valence-corrected chi connectivity index (χ1v) is 7.30. The smallest absolute Gasteiger partial charge is 0.259 e. The molecule has 0 bridgehead atoms. The summed E-state index contributed by atoms with van der Waals surface area (Å²) in [6.07, 6.45) is 0. The summed E-state index contributed by atoms with van der Waals surface area (Å²) in [4.78, 5) is 12.5. The molecule has 0 radical (unpaired) electrons. The van der Waals surface area contributed by atoms with Gasteiger partial charge in [0, 0.05) is 0 Å². The van der Waals surface area contributed by atoms with Gasteiger partial charge in [0.1, 0.15) is 11.8 Å².